The number of aliphatic hydroxyl groups excluding tert-OH is 1. The Morgan fingerprint density at radius 1 is 1.17 bits per heavy atom. The first-order chi connectivity index (χ1) is 8.27. The summed E-state index contributed by atoms with van der Waals surface area (Å²) in [4.78, 5) is 0.161. The number of halogens is 1. The Morgan fingerprint density at radius 3 is 2.17 bits per heavy atom. The van der Waals surface area contributed by atoms with Gasteiger partial charge >= 0.3 is 0 Å². The molecule has 1 rings (SSSR count). The second-order valence-corrected chi connectivity index (χ2v) is 6.93. The topological polar surface area (TPSA) is 63.6 Å². The molecule has 0 unspecified atom stereocenters. The summed E-state index contributed by atoms with van der Waals surface area (Å²) in [6, 6.07) is 0. The lowest BCUT2D eigenvalue weighted by atomic mass is 10.1. The van der Waals surface area contributed by atoms with Crippen molar-refractivity contribution in [1.82, 2.24) is 0 Å². The van der Waals surface area contributed by atoms with Gasteiger partial charge < -0.3 is 9.84 Å². The summed E-state index contributed by atoms with van der Waals surface area (Å²) < 4.78 is 30.4. The van der Waals surface area contributed by atoms with Crippen LogP contribution < -0.4 is 4.74 Å². The smallest absolute Gasteiger partial charge is 0.184 e. The highest BCUT2D eigenvalue weighted by Crippen LogP contribution is 2.39. The second kappa shape index (κ2) is 5.59. The van der Waals surface area contributed by atoms with E-state index >= 15 is 0 Å². The molecule has 0 atom stereocenters. The van der Waals surface area contributed by atoms with Gasteiger partial charge in [0.25, 0.3) is 0 Å². The summed E-state index contributed by atoms with van der Waals surface area (Å²) in [6.07, 6.45) is 0. The van der Waals surface area contributed by atoms with Gasteiger partial charge in [-0.15, -0.1) is 0 Å². The van der Waals surface area contributed by atoms with E-state index in [4.69, 9.17) is 9.84 Å². The number of sulfone groups is 1. The molecule has 0 aliphatic heterocycles. The molecule has 0 aliphatic rings. The van der Waals surface area contributed by atoms with Gasteiger partial charge in [-0.1, -0.05) is 15.9 Å². The van der Waals surface area contributed by atoms with Crippen LogP contribution in [0.4, 0.5) is 0 Å². The SMILES string of the molecule is COc1c(C)c(C)c(Br)c(C)c1S(=O)(=O)CCO. The minimum absolute atomic E-state index is 0.161. The molecule has 0 heterocycles. The first-order valence-electron chi connectivity index (χ1n) is 5.44. The lowest BCUT2D eigenvalue weighted by molar-refractivity contribution is 0.319. The van der Waals surface area contributed by atoms with Crippen molar-refractivity contribution in [3.63, 3.8) is 0 Å². The normalized spacial score (nSPS) is 11.7. The maximum Gasteiger partial charge on any atom is 0.184 e. The quantitative estimate of drug-likeness (QED) is 0.914. The average Bonchev–Trinajstić information content (AvgIpc) is 2.30. The highest BCUT2D eigenvalue weighted by atomic mass is 79.9. The van der Waals surface area contributed by atoms with Crippen LogP contribution in [0, 0.1) is 20.8 Å². The van der Waals surface area contributed by atoms with Gasteiger partial charge in [-0.05, 0) is 37.5 Å². The Bertz CT molecular complexity index is 564. The van der Waals surface area contributed by atoms with Crippen molar-refractivity contribution < 1.29 is 18.3 Å². The van der Waals surface area contributed by atoms with Crippen molar-refractivity contribution >= 4 is 25.8 Å². The number of benzene rings is 1. The summed E-state index contributed by atoms with van der Waals surface area (Å²) in [7, 11) is -2.10. The van der Waals surface area contributed by atoms with Crippen LogP contribution in [-0.2, 0) is 9.84 Å². The molecule has 0 aliphatic carbocycles. The van der Waals surface area contributed by atoms with Gasteiger partial charge in [0.1, 0.15) is 10.6 Å². The summed E-state index contributed by atoms with van der Waals surface area (Å²) in [6.45, 7) is 5.03. The molecule has 0 bridgehead atoms. The van der Waals surface area contributed by atoms with E-state index < -0.39 is 16.4 Å². The molecule has 0 spiro atoms. The molecule has 1 aromatic carbocycles. The fourth-order valence-electron chi connectivity index (χ4n) is 1.90. The fraction of sp³-hybridized carbons (Fsp3) is 0.500. The molecule has 4 nitrogen and oxygen atoms in total. The van der Waals surface area contributed by atoms with Crippen LogP contribution in [-0.4, -0.2) is 33.0 Å². The number of aliphatic hydroxyl groups is 1. The Morgan fingerprint density at radius 2 is 1.72 bits per heavy atom. The Balaban J connectivity index is 3.73. The van der Waals surface area contributed by atoms with Crippen molar-refractivity contribution in [2.24, 2.45) is 0 Å². The largest absolute Gasteiger partial charge is 0.495 e. The van der Waals surface area contributed by atoms with Gasteiger partial charge in [0.05, 0.1) is 19.5 Å². The van der Waals surface area contributed by atoms with E-state index in [0.29, 0.717) is 11.3 Å². The van der Waals surface area contributed by atoms with Crippen LogP contribution in [0.1, 0.15) is 16.7 Å². The molecular formula is C12H17BrO4S. The van der Waals surface area contributed by atoms with Crippen LogP contribution >= 0.6 is 15.9 Å². The Labute approximate surface area is 116 Å². The van der Waals surface area contributed by atoms with E-state index in [2.05, 4.69) is 15.9 Å². The van der Waals surface area contributed by atoms with Gasteiger partial charge in [0.2, 0.25) is 0 Å². The van der Waals surface area contributed by atoms with E-state index in [1.807, 2.05) is 13.8 Å². The van der Waals surface area contributed by atoms with Gasteiger partial charge in [-0.25, -0.2) is 8.42 Å². The lowest BCUT2D eigenvalue weighted by Crippen LogP contribution is -2.14. The highest BCUT2D eigenvalue weighted by molar-refractivity contribution is 9.10. The van der Waals surface area contributed by atoms with E-state index in [0.717, 1.165) is 15.6 Å². The number of hydrogen-bond acceptors (Lipinski definition) is 4. The predicted molar refractivity (Wildman–Crippen MR) is 74.0 cm³/mol. The fourth-order valence-corrected chi connectivity index (χ4v) is 4.06. The molecule has 6 heteroatoms. The molecule has 0 aromatic heterocycles. The van der Waals surface area contributed by atoms with Crippen LogP contribution in [0.5, 0.6) is 5.75 Å². The Hall–Kier alpha value is -0.590. The van der Waals surface area contributed by atoms with E-state index in [9.17, 15) is 8.42 Å². The van der Waals surface area contributed by atoms with Crippen molar-refractivity contribution in [3.05, 3.63) is 21.2 Å². The van der Waals surface area contributed by atoms with Crippen LogP contribution in [0.2, 0.25) is 0 Å². The Kier molecular flexibility index (Phi) is 4.80. The number of hydrogen-bond donors (Lipinski definition) is 1. The number of ether oxygens (including phenoxy) is 1. The summed E-state index contributed by atoms with van der Waals surface area (Å²) >= 11 is 3.41. The number of rotatable bonds is 4. The van der Waals surface area contributed by atoms with Crippen molar-refractivity contribution in [2.45, 2.75) is 25.7 Å². The predicted octanol–water partition coefficient (Wildman–Crippen LogP) is 2.15. The van der Waals surface area contributed by atoms with Crippen LogP contribution in [0.25, 0.3) is 0 Å². The lowest BCUT2D eigenvalue weighted by Gasteiger charge is -2.18. The molecular weight excluding hydrogens is 320 g/mol. The summed E-state index contributed by atoms with van der Waals surface area (Å²) in [5, 5.41) is 8.88. The van der Waals surface area contributed by atoms with Crippen LogP contribution in [0.3, 0.4) is 0 Å². The molecule has 1 N–H and O–H groups in total. The van der Waals surface area contributed by atoms with Gasteiger partial charge in [-0.3, -0.25) is 0 Å². The van der Waals surface area contributed by atoms with Crippen molar-refractivity contribution in [1.29, 1.82) is 0 Å². The maximum atomic E-state index is 12.2. The minimum atomic E-state index is -3.55. The zero-order valence-corrected chi connectivity index (χ0v) is 13.3. The third-order valence-corrected chi connectivity index (χ3v) is 6.01. The summed E-state index contributed by atoms with van der Waals surface area (Å²) in [5.41, 5.74) is 2.35. The third-order valence-electron chi connectivity index (χ3n) is 2.98. The second-order valence-electron chi connectivity index (χ2n) is 4.09. The molecule has 0 saturated carbocycles. The van der Waals surface area contributed by atoms with Crippen molar-refractivity contribution in [3.8, 4) is 5.75 Å². The third kappa shape index (κ3) is 2.55. The maximum absolute atomic E-state index is 12.2. The first kappa shape index (κ1) is 15.5. The molecule has 1 aromatic rings. The molecule has 0 saturated heterocycles. The van der Waals surface area contributed by atoms with E-state index in [-0.39, 0.29) is 10.6 Å². The van der Waals surface area contributed by atoms with Crippen molar-refractivity contribution in [2.75, 3.05) is 19.5 Å². The van der Waals surface area contributed by atoms with Gasteiger partial charge in [0.15, 0.2) is 9.84 Å². The monoisotopic (exact) mass is 336 g/mol. The highest BCUT2D eigenvalue weighted by Gasteiger charge is 2.26. The standard InChI is InChI=1S/C12H17BrO4S/c1-7-8(2)11(17-4)12(9(3)10(7)13)18(15,16)6-5-14/h14H,5-6H2,1-4H3. The van der Waals surface area contributed by atoms with E-state index in [1.165, 1.54) is 7.11 Å². The molecule has 18 heavy (non-hydrogen) atoms. The molecule has 102 valence electrons. The summed E-state index contributed by atoms with van der Waals surface area (Å²) in [5.74, 6) is 0.0562. The van der Waals surface area contributed by atoms with Gasteiger partial charge in [-0.2, -0.15) is 0 Å². The average molecular weight is 337 g/mol. The molecule has 0 amide bonds. The number of methoxy groups -OCH3 is 1. The van der Waals surface area contributed by atoms with Crippen LogP contribution in [0.15, 0.2) is 9.37 Å². The molecule has 0 radical (unpaired) electrons. The zero-order chi connectivity index (χ0) is 14.1. The van der Waals surface area contributed by atoms with Gasteiger partial charge in [0, 0.05) is 4.47 Å². The molecule has 0 fully saturated rings. The zero-order valence-electron chi connectivity index (χ0n) is 10.9. The minimum Gasteiger partial charge on any atom is -0.495 e. The first-order valence-corrected chi connectivity index (χ1v) is 7.89. The van der Waals surface area contributed by atoms with E-state index in [1.54, 1.807) is 6.92 Å².